The number of benzene rings is 1. The standard InChI is InChI=1S/C14H20N2O5S/c1-21-16(10-12-6-3-2-4-7-12)22(19,20)15-9-5-8-13(11-15)14(17)18/h2-4,6-7,13H,5,8-11H2,1H3,(H,17,18). The van der Waals surface area contributed by atoms with E-state index in [-0.39, 0.29) is 13.1 Å². The van der Waals surface area contributed by atoms with Crippen molar-refractivity contribution in [2.45, 2.75) is 19.4 Å². The van der Waals surface area contributed by atoms with Crippen molar-refractivity contribution in [3.63, 3.8) is 0 Å². The Labute approximate surface area is 130 Å². The first-order chi connectivity index (χ1) is 10.4. The number of hydrogen-bond donors (Lipinski definition) is 1. The summed E-state index contributed by atoms with van der Waals surface area (Å²) < 4.78 is 27.3. The monoisotopic (exact) mass is 328 g/mol. The molecule has 8 heteroatoms. The van der Waals surface area contributed by atoms with Crippen LogP contribution < -0.4 is 0 Å². The second kappa shape index (κ2) is 7.19. The molecule has 122 valence electrons. The van der Waals surface area contributed by atoms with E-state index in [4.69, 9.17) is 9.94 Å². The van der Waals surface area contributed by atoms with Crippen molar-refractivity contribution in [2.75, 3.05) is 20.2 Å². The molecule has 22 heavy (non-hydrogen) atoms. The molecule has 0 aromatic heterocycles. The third-order valence-corrected chi connectivity index (χ3v) is 5.45. The summed E-state index contributed by atoms with van der Waals surface area (Å²) in [5.41, 5.74) is 0.791. The Kier molecular flexibility index (Phi) is 5.52. The van der Waals surface area contributed by atoms with Crippen LogP contribution in [0.1, 0.15) is 18.4 Å². The van der Waals surface area contributed by atoms with Crippen LogP contribution in [0.3, 0.4) is 0 Å². The molecule has 1 fully saturated rings. The van der Waals surface area contributed by atoms with Gasteiger partial charge in [0.25, 0.3) is 0 Å². The molecule has 2 rings (SSSR count). The molecule has 1 aliphatic rings. The predicted molar refractivity (Wildman–Crippen MR) is 79.8 cm³/mol. The van der Waals surface area contributed by atoms with Gasteiger partial charge in [0.2, 0.25) is 0 Å². The summed E-state index contributed by atoms with van der Waals surface area (Å²) in [6.07, 6.45) is 1.02. The van der Waals surface area contributed by atoms with E-state index >= 15 is 0 Å². The second-order valence-corrected chi connectivity index (χ2v) is 6.99. The molecule has 1 N–H and O–H groups in total. The van der Waals surface area contributed by atoms with Crippen LogP contribution in [0.2, 0.25) is 0 Å². The van der Waals surface area contributed by atoms with Gasteiger partial charge in [0.05, 0.1) is 19.6 Å². The van der Waals surface area contributed by atoms with Gasteiger partial charge in [0, 0.05) is 13.1 Å². The van der Waals surface area contributed by atoms with E-state index in [0.717, 1.165) is 10.0 Å². The molecule has 0 saturated carbocycles. The number of aliphatic carboxylic acids is 1. The average molecular weight is 328 g/mol. The van der Waals surface area contributed by atoms with E-state index in [0.29, 0.717) is 19.4 Å². The highest BCUT2D eigenvalue weighted by atomic mass is 32.2. The number of hydroxylamine groups is 1. The van der Waals surface area contributed by atoms with Crippen LogP contribution in [0.5, 0.6) is 0 Å². The van der Waals surface area contributed by atoms with E-state index in [2.05, 4.69) is 0 Å². The van der Waals surface area contributed by atoms with Crippen molar-refractivity contribution < 1.29 is 23.2 Å². The topological polar surface area (TPSA) is 87.2 Å². The summed E-state index contributed by atoms with van der Waals surface area (Å²) in [4.78, 5) is 16.1. The molecule has 1 saturated heterocycles. The maximum Gasteiger partial charge on any atom is 0.307 e. The Morgan fingerprint density at radius 1 is 1.41 bits per heavy atom. The Morgan fingerprint density at radius 2 is 2.09 bits per heavy atom. The lowest BCUT2D eigenvalue weighted by Gasteiger charge is -2.33. The van der Waals surface area contributed by atoms with Gasteiger partial charge in [-0.1, -0.05) is 34.8 Å². The molecule has 7 nitrogen and oxygen atoms in total. The van der Waals surface area contributed by atoms with Gasteiger partial charge in [-0.15, -0.1) is 0 Å². The van der Waals surface area contributed by atoms with Crippen molar-refractivity contribution >= 4 is 16.2 Å². The fraction of sp³-hybridized carbons (Fsp3) is 0.500. The summed E-state index contributed by atoms with van der Waals surface area (Å²) in [5.74, 6) is -1.63. The Hall–Kier alpha value is -1.48. The maximum absolute atomic E-state index is 12.6. The van der Waals surface area contributed by atoms with Crippen LogP contribution in [0.25, 0.3) is 0 Å². The number of carboxylic acid groups (broad SMARTS) is 1. The lowest BCUT2D eigenvalue weighted by atomic mass is 10.0. The molecule has 1 heterocycles. The van der Waals surface area contributed by atoms with Crippen LogP contribution in [-0.2, 0) is 26.4 Å². The summed E-state index contributed by atoms with van der Waals surface area (Å²) in [7, 11) is -2.57. The van der Waals surface area contributed by atoms with Gasteiger partial charge in [-0.3, -0.25) is 9.63 Å². The van der Waals surface area contributed by atoms with E-state index < -0.39 is 22.1 Å². The third-order valence-electron chi connectivity index (χ3n) is 3.68. The molecular formula is C14H20N2O5S. The fourth-order valence-corrected chi connectivity index (χ4v) is 3.94. The number of hydrogen-bond acceptors (Lipinski definition) is 4. The highest BCUT2D eigenvalue weighted by Crippen LogP contribution is 2.22. The third kappa shape index (κ3) is 3.83. The van der Waals surface area contributed by atoms with E-state index in [1.54, 1.807) is 12.1 Å². The lowest BCUT2D eigenvalue weighted by Crippen LogP contribution is -2.48. The molecule has 1 aromatic rings. The first-order valence-electron chi connectivity index (χ1n) is 7.04. The molecule has 1 aliphatic heterocycles. The van der Waals surface area contributed by atoms with Gasteiger partial charge >= 0.3 is 16.2 Å². The molecule has 0 radical (unpaired) electrons. The van der Waals surface area contributed by atoms with Gasteiger partial charge in [0.15, 0.2) is 0 Å². The van der Waals surface area contributed by atoms with Crippen LogP contribution >= 0.6 is 0 Å². The first-order valence-corrected chi connectivity index (χ1v) is 8.43. The summed E-state index contributed by atoms with van der Waals surface area (Å²) in [6.45, 7) is 0.362. The van der Waals surface area contributed by atoms with E-state index in [1.165, 1.54) is 11.4 Å². The van der Waals surface area contributed by atoms with Crippen molar-refractivity contribution in [1.29, 1.82) is 0 Å². The SMILES string of the molecule is CON(Cc1ccccc1)S(=O)(=O)N1CCCC(C(=O)O)C1. The van der Waals surface area contributed by atoms with Gasteiger partial charge in [0.1, 0.15) is 0 Å². The average Bonchev–Trinajstić information content (AvgIpc) is 2.53. The quantitative estimate of drug-likeness (QED) is 0.790. The Bertz CT molecular complexity index is 605. The van der Waals surface area contributed by atoms with Gasteiger partial charge in [-0.25, -0.2) is 0 Å². The van der Waals surface area contributed by atoms with Crippen molar-refractivity contribution in [2.24, 2.45) is 5.92 Å². The number of rotatable bonds is 6. The fourth-order valence-electron chi connectivity index (χ4n) is 2.46. The molecule has 0 spiro atoms. The minimum absolute atomic E-state index is 0.0215. The lowest BCUT2D eigenvalue weighted by molar-refractivity contribution is -0.143. The normalized spacial score (nSPS) is 20.2. The maximum atomic E-state index is 12.6. The van der Waals surface area contributed by atoms with Crippen LogP contribution in [0, 0.1) is 5.92 Å². The van der Waals surface area contributed by atoms with Crippen molar-refractivity contribution in [1.82, 2.24) is 8.77 Å². The minimum Gasteiger partial charge on any atom is -0.481 e. The number of piperidine rings is 1. The second-order valence-electron chi connectivity index (χ2n) is 5.17. The molecular weight excluding hydrogens is 308 g/mol. The zero-order valence-electron chi connectivity index (χ0n) is 12.4. The van der Waals surface area contributed by atoms with Gasteiger partial charge < -0.3 is 5.11 Å². The molecule has 0 bridgehead atoms. The Morgan fingerprint density at radius 3 is 2.68 bits per heavy atom. The molecule has 0 amide bonds. The predicted octanol–water partition coefficient (Wildman–Crippen LogP) is 1.09. The summed E-state index contributed by atoms with van der Waals surface area (Å²) in [5, 5.41) is 9.09. The smallest absolute Gasteiger partial charge is 0.307 e. The van der Waals surface area contributed by atoms with Gasteiger partial charge in [-0.05, 0) is 18.4 Å². The highest BCUT2D eigenvalue weighted by Gasteiger charge is 2.36. The molecule has 1 unspecified atom stereocenters. The first kappa shape index (κ1) is 16.9. The number of carboxylic acids is 1. The van der Waals surface area contributed by atoms with Crippen LogP contribution in [0.15, 0.2) is 30.3 Å². The van der Waals surface area contributed by atoms with E-state index in [1.807, 2.05) is 18.2 Å². The zero-order chi connectivity index (χ0) is 16.2. The van der Waals surface area contributed by atoms with Crippen molar-refractivity contribution in [3.05, 3.63) is 35.9 Å². The number of nitrogens with zero attached hydrogens (tertiary/aromatic N) is 2. The summed E-state index contributed by atoms with van der Waals surface area (Å²) >= 11 is 0. The highest BCUT2D eigenvalue weighted by molar-refractivity contribution is 7.86. The van der Waals surface area contributed by atoms with Crippen LogP contribution in [-0.4, -0.2) is 48.5 Å². The van der Waals surface area contributed by atoms with Gasteiger partial charge in [-0.2, -0.15) is 12.7 Å². The van der Waals surface area contributed by atoms with E-state index in [9.17, 15) is 13.2 Å². The molecule has 1 atom stereocenters. The van der Waals surface area contributed by atoms with Crippen LogP contribution in [0.4, 0.5) is 0 Å². The largest absolute Gasteiger partial charge is 0.481 e. The van der Waals surface area contributed by atoms with Crippen molar-refractivity contribution in [3.8, 4) is 0 Å². The molecule has 1 aromatic carbocycles. The number of carbonyl (C=O) groups is 1. The molecule has 0 aliphatic carbocycles. The minimum atomic E-state index is -3.86. The zero-order valence-corrected chi connectivity index (χ0v) is 13.2. The summed E-state index contributed by atoms with van der Waals surface area (Å²) in [6, 6.07) is 9.08. The Balaban J connectivity index is 2.14.